The predicted molar refractivity (Wildman–Crippen MR) is 40.3 cm³/mol. The molecular weight excluding hydrogens is 212 g/mol. The molecule has 0 radical (unpaired) electrons. The predicted octanol–water partition coefficient (Wildman–Crippen LogP) is 2.44. The summed E-state index contributed by atoms with van der Waals surface area (Å²) in [5.41, 5.74) is 0. The molecule has 0 spiro atoms. The van der Waals surface area contributed by atoms with E-state index in [2.05, 4.69) is 20.4 Å². The van der Waals surface area contributed by atoms with Gasteiger partial charge in [-0.05, 0) is 0 Å². The molecule has 0 aromatic carbocycles. The van der Waals surface area contributed by atoms with Crippen molar-refractivity contribution in [3.8, 4) is 0 Å². The fourth-order valence-electron chi connectivity index (χ4n) is 0.391. The fourth-order valence-corrected chi connectivity index (χ4v) is 2.62. The van der Waals surface area contributed by atoms with E-state index in [9.17, 15) is 0 Å². The normalized spacial score (nSPS) is 9.25. The van der Waals surface area contributed by atoms with Gasteiger partial charge in [0.2, 0.25) is 0 Å². The Morgan fingerprint density at radius 3 is 2.62 bits per heavy atom. The zero-order chi connectivity index (χ0) is 6.41. The van der Waals surface area contributed by atoms with E-state index in [0.29, 0.717) is 0 Å². The Bertz CT molecular complexity index is 66.8. The van der Waals surface area contributed by atoms with Gasteiger partial charge in [-0.3, -0.25) is 0 Å². The van der Waals surface area contributed by atoms with E-state index in [1.54, 1.807) is 0 Å². The Kier molecular flexibility index (Phi) is 6.04. The van der Waals surface area contributed by atoms with Gasteiger partial charge in [0, 0.05) is 0 Å². The molecule has 0 aromatic rings. The molecule has 1 heteroatoms. The van der Waals surface area contributed by atoms with Crippen LogP contribution in [0.3, 0.4) is 0 Å². The minimum absolute atomic E-state index is 0.209. The quantitative estimate of drug-likeness (QED) is 0.510. The van der Waals surface area contributed by atoms with Gasteiger partial charge in [0.1, 0.15) is 0 Å². The summed E-state index contributed by atoms with van der Waals surface area (Å²) in [6.07, 6.45) is 2.76. The van der Waals surface area contributed by atoms with Gasteiger partial charge in [0.25, 0.3) is 0 Å². The summed E-state index contributed by atoms with van der Waals surface area (Å²) in [4.78, 5) is 0. The maximum absolute atomic E-state index is 3.88. The van der Waals surface area contributed by atoms with Crippen molar-refractivity contribution in [3.05, 3.63) is 10.2 Å². The number of unbranched alkanes of at least 4 members (excludes halogenated alkanes) is 1. The van der Waals surface area contributed by atoms with Crippen molar-refractivity contribution in [2.75, 3.05) is 0 Å². The third-order valence-electron chi connectivity index (χ3n) is 0.846. The van der Waals surface area contributed by atoms with E-state index in [4.69, 9.17) is 0 Å². The van der Waals surface area contributed by atoms with Crippen LogP contribution in [-0.4, -0.2) is 20.9 Å². The Hall–Kier alpha value is 0.530. The molecule has 0 aliphatic heterocycles. The van der Waals surface area contributed by atoms with Crippen molar-refractivity contribution in [1.82, 2.24) is 0 Å². The molecule has 0 heterocycles. The topological polar surface area (TPSA) is 0 Å². The van der Waals surface area contributed by atoms with E-state index in [-0.39, 0.29) is 20.9 Å². The summed E-state index contributed by atoms with van der Waals surface area (Å²) in [5, 5.41) is 0. The first-order chi connectivity index (χ1) is 3.77. The zero-order valence-electron chi connectivity index (χ0n) is 5.74. The average molecular weight is 226 g/mol. The Labute approximate surface area is 62.4 Å². The van der Waals surface area contributed by atoms with Crippen molar-refractivity contribution in [3.63, 3.8) is 0 Å². The average Bonchev–Trinajstić information content (AvgIpc) is 1.66. The summed E-state index contributed by atoms with van der Waals surface area (Å²) in [6, 6.07) is 0. The van der Waals surface area contributed by atoms with Gasteiger partial charge in [-0.2, -0.15) is 0 Å². The summed E-state index contributed by atoms with van der Waals surface area (Å²) in [5.74, 6) is 0. The zero-order valence-corrected chi connectivity index (χ0v) is 8.07. The molecule has 0 fully saturated rings. The molecule has 0 unspecified atom stereocenters. The first-order valence-corrected chi connectivity index (χ1v) is 5.87. The van der Waals surface area contributed by atoms with E-state index < -0.39 is 0 Å². The number of hydrogen-bond donors (Lipinski definition) is 0. The van der Waals surface area contributed by atoms with E-state index in [1.807, 2.05) is 0 Å². The van der Waals surface area contributed by atoms with Crippen LogP contribution in [0, 0.1) is 0 Å². The van der Waals surface area contributed by atoms with Gasteiger partial charge in [-0.1, -0.05) is 0 Å². The molecule has 48 valence electrons. The van der Waals surface area contributed by atoms with Crippen LogP contribution in [-0.2, 0) is 0 Å². The second-order valence-electron chi connectivity index (χ2n) is 1.90. The first-order valence-electron chi connectivity index (χ1n) is 3.05. The van der Waals surface area contributed by atoms with Crippen LogP contribution in [0.5, 0.6) is 0 Å². The van der Waals surface area contributed by atoms with Crippen molar-refractivity contribution in [2.24, 2.45) is 0 Å². The molecular formula is C7H14Te. The van der Waals surface area contributed by atoms with Gasteiger partial charge < -0.3 is 0 Å². The van der Waals surface area contributed by atoms with Gasteiger partial charge in [-0.25, -0.2) is 0 Å². The maximum atomic E-state index is 3.88. The summed E-state index contributed by atoms with van der Waals surface area (Å²) in [7, 11) is 0. The van der Waals surface area contributed by atoms with Crippen LogP contribution in [0.25, 0.3) is 0 Å². The molecule has 0 amide bonds. The minimum atomic E-state index is 0.209. The van der Waals surface area contributed by atoms with Crippen molar-refractivity contribution in [2.45, 2.75) is 31.2 Å². The standard InChI is InChI=1S/C7H14Te/c1-4-5-6-8-7(2)3/h2,4-6H2,1,3H3. The summed E-state index contributed by atoms with van der Waals surface area (Å²) >= 11 is 0.209. The molecule has 0 aromatic heterocycles. The number of hydrogen-bond acceptors (Lipinski definition) is 0. The Balaban J connectivity index is 2.82. The second kappa shape index (κ2) is 5.66. The molecule has 0 aliphatic carbocycles. The monoisotopic (exact) mass is 228 g/mol. The third kappa shape index (κ3) is 6.53. The van der Waals surface area contributed by atoms with Crippen molar-refractivity contribution in [1.29, 1.82) is 0 Å². The third-order valence-corrected chi connectivity index (χ3v) is 3.66. The molecule has 0 bridgehead atoms. The van der Waals surface area contributed by atoms with Crippen LogP contribution in [0.15, 0.2) is 10.2 Å². The Morgan fingerprint density at radius 1 is 1.62 bits per heavy atom. The van der Waals surface area contributed by atoms with E-state index >= 15 is 0 Å². The van der Waals surface area contributed by atoms with Crippen LogP contribution in [0.4, 0.5) is 0 Å². The molecule has 0 saturated carbocycles. The van der Waals surface area contributed by atoms with Crippen LogP contribution >= 0.6 is 0 Å². The molecule has 0 saturated heterocycles. The van der Waals surface area contributed by atoms with Gasteiger partial charge in [0.05, 0.1) is 0 Å². The van der Waals surface area contributed by atoms with Crippen molar-refractivity contribution < 1.29 is 0 Å². The molecule has 0 N–H and O–H groups in total. The van der Waals surface area contributed by atoms with Gasteiger partial charge >= 0.3 is 62.3 Å². The summed E-state index contributed by atoms with van der Waals surface area (Å²) in [6.45, 7) is 8.28. The number of rotatable bonds is 4. The fraction of sp³-hybridized carbons (Fsp3) is 0.714. The molecule has 0 aliphatic rings. The molecule has 0 rings (SSSR count). The van der Waals surface area contributed by atoms with Crippen LogP contribution < -0.4 is 0 Å². The SMILES string of the molecule is C=C(C)[Te]CCCC. The number of allylic oxidation sites excluding steroid dienone is 1. The van der Waals surface area contributed by atoms with Crippen LogP contribution in [0.1, 0.15) is 26.7 Å². The molecule has 8 heavy (non-hydrogen) atoms. The Morgan fingerprint density at radius 2 is 2.25 bits per heavy atom. The van der Waals surface area contributed by atoms with E-state index in [1.165, 1.54) is 20.9 Å². The van der Waals surface area contributed by atoms with Gasteiger partial charge in [0.15, 0.2) is 0 Å². The van der Waals surface area contributed by atoms with E-state index in [0.717, 1.165) is 0 Å². The first kappa shape index (κ1) is 8.53. The summed E-state index contributed by atoms with van der Waals surface area (Å²) < 4.78 is 2.90. The second-order valence-corrected chi connectivity index (χ2v) is 5.88. The molecule has 0 nitrogen and oxygen atoms in total. The van der Waals surface area contributed by atoms with Crippen LogP contribution in [0.2, 0.25) is 4.47 Å². The van der Waals surface area contributed by atoms with Gasteiger partial charge in [-0.15, -0.1) is 0 Å². The van der Waals surface area contributed by atoms with Crippen molar-refractivity contribution >= 4 is 20.9 Å². The molecule has 0 atom stereocenters.